The fourth-order valence-electron chi connectivity index (χ4n) is 3.82. The van der Waals surface area contributed by atoms with Crippen molar-refractivity contribution >= 4 is 52.1 Å². The SMILES string of the molecule is CN1CCN(C(=O)OCC2=C(C(=O)O)N3C(=O)C(NC(=O)Cc4csc(N)n4)[C@H]3SC2)CC1. The van der Waals surface area contributed by atoms with Gasteiger partial charge in [-0.25, -0.2) is 14.6 Å². The second kappa shape index (κ2) is 9.57. The summed E-state index contributed by atoms with van der Waals surface area (Å²) in [7, 11) is 1.97. The second-order valence-electron chi connectivity index (χ2n) is 7.91. The number of anilines is 1. The van der Waals surface area contributed by atoms with E-state index in [4.69, 9.17) is 10.5 Å². The Morgan fingerprint density at radius 1 is 1.30 bits per heavy atom. The summed E-state index contributed by atoms with van der Waals surface area (Å²) in [6.45, 7) is 2.34. The number of fused-ring (bicyclic) bond motifs is 1. The first-order valence-electron chi connectivity index (χ1n) is 10.2. The Morgan fingerprint density at radius 3 is 2.67 bits per heavy atom. The lowest BCUT2D eigenvalue weighted by molar-refractivity contribution is -0.150. The van der Waals surface area contributed by atoms with Crippen LogP contribution < -0.4 is 11.1 Å². The van der Waals surface area contributed by atoms with Crippen molar-refractivity contribution in [2.75, 3.05) is 51.3 Å². The molecule has 2 atom stereocenters. The molecule has 1 aromatic rings. The molecule has 4 rings (SSSR count). The highest BCUT2D eigenvalue weighted by molar-refractivity contribution is 8.00. The molecule has 0 bridgehead atoms. The predicted octanol–water partition coefficient (Wildman–Crippen LogP) is -0.610. The van der Waals surface area contributed by atoms with Gasteiger partial charge in [0.15, 0.2) is 5.13 Å². The van der Waals surface area contributed by atoms with E-state index in [1.807, 2.05) is 7.05 Å². The van der Waals surface area contributed by atoms with Crippen molar-refractivity contribution < 1.29 is 29.0 Å². The monoisotopic (exact) mass is 496 g/mol. The first-order valence-corrected chi connectivity index (χ1v) is 12.2. The number of amides is 3. The number of thioether (sulfide) groups is 1. The first-order chi connectivity index (χ1) is 15.7. The number of ether oxygens (including phenoxy) is 1. The summed E-state index contributed by atoms with van der Waals surface area (Å²) in [5.41, 5.74) is 6.23. The van der Waals surface area contributed by atoms with Crippen molar-refractivity contribution in [3.63, 3.8) is 0 Å². The summed E-state index contributed by atoms with van der Waals surface area (Å²) < 4.78 is 5.35. The average Bonchev–Trinajstić information content (AvgIpc) is 3.19. The van der Waals surface area contributed by atoms with Gasteiger partial charge in [-0.3, -0.25) is 14.5 Å². The van der Waals surface area contributed by atoms with Crippen LogP contribution in [0.25, 0.3) is 0 Å². The molecule has 4 N–H and O–H groups in total. The van der Waals surface area contributed by atoms with Gasteiger partial charge < -0.3 is 30.7 Å². The number of hydrogen-bond acceptors (Lipinski definition) is 10. The Labute approximate surface area is 197 Å². The number of β-lactam (4-membered cyclic amide) rings is 1. The number of rotatable bonds is 6. The average molecular weight is 497 g/mol. The summed E-state index contributed by atoms with van der Waals surface area (Å²) in [5, 5.41) is 13.9. The van der Waals surface area contributed by atoms with Gasteiger partial charge in [-0.2, -0.15) is 0 Å². The van der Waals surface area contributed by atoms with E-state index < -0.39 is 35.3 Å². The van der Waals surface area contributed by atoms with E-state index in [0.717, 1.165) is 18.0 Å². The van der Waals surface area contributed by atoms with Gasteiger partial charge in [-0.15, -0.1) is 23.1 Å². The largest absolute Gasteiger partial charge is 0.477 e. The highest BCUT2D eigenvalue weighted by Gasteiger charge is 2.54. The molecule has 1 aromatic heterocycles. The number of nitrogens with one attached hydrogen (secondary N) is 1. The topological polar surface area (TPSA) is 158 Å². The maximum Gasteiger partial charge on any atom is 0.410 e. The molecule has 0 radical (unpaired) electrons. The van der Waals surface area contributed by atoms with E-state index in [2.05, 4.69) is 15.2 Å². The number of carbonyl (C=O) groups excluding carboxylic acids is 3. The molecule has 14 heteroatoms. The first kappa shape index (κ1) is 23.3. The molecular formula is C19H24N6O6S2. The predicted molar refractivity (Wildman–Crippen MR) is 120 cm³/mol. The molecule has 33 heavy (non-hydrogen) atoms. The zero-order valence-electron chi connectivity index (χ0n) is 17.9. The molecular weight excluding hydrogens is 472 g/mol. The van der Waals surface area contributed by atoms with Crippen LogP contribution in [0.2, 0.25) is 0 Å². The number of carbonyl (C=O) groups is 4. The van der Waals surface area contributed by atoms with E-state index in [1.54, 1.807) is 10.3 Å². The minimum absolute atomic E-state index is 0.0238. The molecule has 0 aromatic carbocycles. The van der Waals surface area contributed by atoms with Gasteiger partial charge in [0.2, 0.25) is 5.91 Å². The number of piperazine rings is 1. The van der Waals surface area contributed by atoms with Gasteiger partial charge in [0.1, 0.15) is 23.7 Å². The van der Waals surface area contributed by atoms with Gasteiger partial charge in [0.25, 0.3) is 5.91 Å². The molecule has 2 saturated heterocycles. The third kappa shape index (κ3) is 4.91. The Bertz CT molecular complexity index is 1000. The Hall–Kier alpha value is -2.84. The highest BCUT2D eigenvalue weighted by atomic mass is 32.2. The minimum Gasteiger partial charge on any atom is -0.477 e. The van der Waals surface area contributed by atoms with Crippen LogP contribution in [0.5, 0.6) is 0 Å². The molecule has 3 amide bonds. The number of likely N-dealkylation sites (N-methyl/N-ethyl adjacent to an activating group) is 1. The van der Waals surface area contributed by atoms with Crippen molar-refractivity contribution in [3.05, 3.63) is 22.3 Å². The van der Waals surface area contributed by atoms with Crippen molar-refractivity contribution in [2.45, 2.75) is 17.8 Å². The number of carboxylic acids is 1. The van der Waals surface area contributed by atoms with Gasteiger partial charge in [0.05, 0.1) is 12.1 Å². The van der Waals surface area contributed by atoms with E-state index in [1.165, 1.54) is 23.1 Å². The number of aliphatic carboxylic acids is 1. The molecule has 0 saturated carbocycles. The van der Waals surface area contributed by atoms with E-state index >= 15 is 0 Å². The van der Waals surface area contributed by atoms with Crippen molar-refractivity contribution in [1.82, 2.24) is 25.0 Å². The van der Waals surface area contributed by atoms with Crippen LogP contribution in [-0.2, 0) is 25.5 Å². The molecule has 0 aliphatic carbocycles. The second-order valence-corrected chi connectivity index (χ2v) is 9.91. The third-order valence-electron chi connectivity index (χ3n) is 5.61. The molecule has 12 nitrogen and oxygen atoms in total. The van der Waals surface area contributed by atoms with Crippen LogP contribution in [0.15, 0.2) is 16.7 Å². The van der Waals surface area contributed by atoms with Gasteiger partial charge >= 0.3 is 12.1 Å². The zero-order valence-corrected chi connectivity index (χ0v) is 19.5. The van der Waals surface area contributed by atoms with Crippen LogP contribution in [0, 0.1) is 0 Å². The maximum atomic E-state index is 12.7. The normalized spacial score (nSPS) is 23.1. The number of nitrogens with two attached hydrogens (primary N) is 1. The maximum absolute atomic E-state index is 12.7. The summed E-state index contributed by atoms with van der Waals surface area (Å²) in [5.74, 6) is -1.92. The number of nitrogens with zero attached hydrogens (tertiary/aromatic N) is 4. The fourth-order valence-corrected chi connectivity index (χ4v) is 5.71. The zero-order chi connectivity index (χ0) is 23.7. The van der Waals surface area contributed by atoms with E-state index in [9.17, 15) is 24.3 Å². The molecule has 3 aliphatic heterocycles. The van der Waals surface area contributed by atoms with Crippen LogP contribution in [0.3, 0.4) is 0 Å². The molecule has 178 valence electrons. The summed E-state index contributed by atoms with van der Waals surface area (Å²) >= 11 is 2.54. The smallest absolute Gasteiger partial charge is 0.410 e. The number of hydrogen-bond donors (Lipinski definition) is 3. The number of aromatic nitrogens is 1. The van der Waals surface area contributed by atoms with E-state index in [0.29, 0.717) is 29.5 Å². The number of carboxylic acid groups (broad SMARTS) is 1. The lowest BCUT2D eigenvalue weighted by Gasteiger charge is -2.49. The quantitative estimate of drug-likeness (QED) is 0.434. The molecule has 4 heterocycles. The number of nitrogen functional groups attached to an aromatic ring is 1. The van der Waals surface area contributed by atoms with Crippen molar-refractivity contribution in [1.29, 1.82) is 0 Å². The summed E-state index contributed by atoms with van der Waals surface area (Å²) in [4.78, 5) is 58.2. The molecule has 1 unspecified atom stereocenters. The Balaban J connectivity index is 1.37. The molecule has 2 fully saturated rings. The lowest BCUT2D eigenvalue weighted by atomic mass is 10.0. The van der Waals surface area contributed by atoms with Crippen LogP contribution in [0.1, 0.15) is 5.69 Å². The minimum atomic E-state index is -1.28. The summed E-state index contributed by atoms with van der Waals surface area (Å²) in [6.07, 6.45) is -0.528. The van der Waals surface area contributed by atoms with Gasteiger partial charge in [-0.1, -0.05) is 0 Å². The third-order valence-corrected chi connectivity index (χ3v) is 7.67. The lowest BCUT2D eigenvalue weighted by Crippen LogP contribution is -2.70. The Kier molecular flexibility index (Phi) is 6.76. The van der Waals surface area contributed by atoms with Crippen molar-refractivity contribution in [3.8, 4) is 0 Å². The Morgan fingerprint density at radius 2 is 2.03 bits per heavy atom. The molecule has 3 aliphatic rings. The summed E-state index contributed by atoms with van der Waals surface area (Å²) in [6, 6.07) is -0.831. The van der Waals surface area contributed by atoms with Crippen molar-refractivity contribution in [2.24, 2.45) is 0 Å². The van der Waals surface area contributed by atoms with Gasteiger partial charge in [0, 0.05) is 42.9 Å². The van der Waals surface area contributed by atoms with Crippen LogP contribution in [-0.4, -0.2) is 106 Å². The van der Waals surface area contributed by atoms with E-state index in [-0.39, 0.29) is 24.5 Å². The van der Waals surface area contributed by atoms with Crippen LogP contribution in [0.4, 0.5) is 9.93 Å². The van der Waals surface area contributed by atoms with Crippen LogP contribution >= 0.6 is 23.1 Å². The molecule has 0 spiro atoms. The number of thiazole rings is 1. The standard InChI is InChI=1S/C19H24N6O6S2/c1-23-2-4-24(5-3-23)19(30)31-7-10-8-32-16-13(15(27)25(16)14(10)17(28)29)22-12(26)6-11-9-33-18(20)21-11/h9,13,16H,2-8H2,1H3,(H2,20,21)(H,22,26)(H,28,29)/t13?,16-/m1/s1. The highest BCUT2D eigenvalue weighted by Crippen LogP contribution is 2.40. The fraction of sp³-hybridized carbons (Fsp3) is 0.526. The van der Waals surface area contributed by atoms with Gasteiger partial charge in [-0.05, 0) is 7.05 Å².